The summed E-state index contributed by atoms with van der Waals surface area (Å²) < 4.78 is 0. The van der Waals surface area contributed by atoms with E-state index >= 15 is 0 Å². The van der Waals surface area contributed by atoms with Gasteiger partial charge in [0.05, 0.1) is 0 Å². The fraction of sp³-hybridized carbons (Fsp3) is 0.615. The smallest absolute Gasteiger partial charge is 0.321 e. The van der Waals surface area contributed by atoms with Crippen LogP contribution < -0.4 is 10.6 Å². The number of piperidine rings is 1. The van der Waals surface area contributed by atoms with Gasteiger partial charge < -0.3 is 10.2 Å². The van der Waals surface area contributed by atoms with Gasteiger partial charge in [0.2, 0.25) is 5.91 Å². The van der Waals surface area contributed by atoms with Crippen LogP contribution in [0.1, 0.15) is 30.9 Å². The first-order valence-corrected chi connectivity index (χ1v) is 6.92. The highest BCUT2D eigenvalue weighted by Crippen LogP contribution is 2.26. The molecule has 110 valence electrons. The van der Waals surface area contributed by atoms with Gasteiger partial charge in [-0.3, -0.25) is 15.2 Å². The number of hydrogen-bond acceptors (Lipinski definition) is 4. The Balaban J connectivity index is 1.67. The number of nitrogens with one attached hydrogen (secondary N) is 3. The Hall–Kier alpha value is -1.89. The number of hydrogen-bond donors (Lipinski definition) is 3. The molecule has 0 unspecified atom stereocenters. The molecule has 0 atom stereocenters. The van der Waals surface area contributed by atoms with E-state index in [-0.39, 0.29) is 5.91 Å². The minimum absolute atomic E-state index is 0.236. The van der Waals surface area contributed by atoms with E-state index in [2.05, 4.69) is 25.7 Å². The van der Waals surface area contributed by atoms with Crippen LogP contribution in [0.15, 0.2) is 12.3 Å². The first-order chi connectivity index (χ1) is 9.69. The van der Waals surface area contributed by atoms with E-state index in [1.54, 1.807) is 6.20 Å². The van der Waals surface area contributed by atoms with Gasteiger partial charge in [0.15, 0.2) is 0 Å². The first-order valence-electron chi connectivity index (χ1n) is 6.92. The summed E-state index contributed by atoms with van der Waals surface area (Å²) in [5.41, 5.74) is 1.20. The van der Waals surface area contributed by atoms with Crippen LogP contribution in [-0.4, -0.2) is 53.7 Å². The molecule has 1 aliphatic rings. The molecule has 0 aromatic carbocycles. The lowest BCUT2D eigenvalue weighted by molar-refractivity contribution is -0.120. The zero-order valence-corrected chi connectivity index (χ0v) is 11.7. The highest BCUT2D eigenvalue weighted by Gasteiger charge is 2.21. The summed E-state index contributed by atoms with van der Waals surface area (Å²) >= 11 is 0. The van der Waals surface area contributed by atoms with Gasteiger partial charge in [-0.15, -0.1) is 0 Å². The van der Waals surface area contributed by atoms with Gasteiger partial charge in [-0.1, -0.05) is 0 Å². The number of carbonyl (C=O) groups excluding carboxylic acids is 2. The number of H-pyrrole nitrogens is 1. The summed E-state index contributed by atoms with van der Waals surface area (Å²) in [6, 6.07) is 1.57. The highest BCUT2D eigenvalue weighted by atomic mass is 16.2. The standard InChI is InChI=1S/C13H21N5O2/c1-14-13(20)16-12(19)5-9-18-7-3-10(4-8-18)11-2-6-15-17-11/h2,6,10H,3-5,7-9H2,1H3,(H,15,17)(H2,14,16,19,20). The predicted octanol–water partition coefficient (Wildman–Crippen LogP) is 0.435. The molecule has 20 heavy (non-hydrogen) atoms. The molecule has 1 aromatic rings. The zero-order chi connectivity index (χ0) is 14.4. The molecule has 1 saturated heterocycles. The number of nitrogens with zero attached hydrogens (tertiary/aromatic N) is 2. The lowest BCUT2D eigenvalue weighted by Crippen LogP contribution is -2.40. The molecule has 3 amide bonds. The lowest BCUT2D eigenvalue weighted by Gasteiger charge is -2.31. The van der Waals surface area contributed by atoms with Crippen molar-refractivity contribution in [3.8, 4) is 0 Å². The third kappa shape index (κ3) is 4.06. The molecular formula is C13H21N5O2. The van der Waals surface area contributed by atoms with E-state index in [1.807, 2.05) is 6.07 Å². The van der Waals surface area contributed by atoms with Crippen molar-refractivity contribution >= 4 is 11.9 Å². The Kier molecular flexibility index (Phi) is 5.11. The Bertz CT molecular complexity index is 438. The van der Waals surface area contributed by atoms with Crippen molar-refractivity contribution in [3.63, 3.8) is 0 Å². The minimum atomic E-state index is -0.451. The van der Waals surface area contributed by atoms with Crippen LogP contribution in [0.4, 0.5) is 4.79 Å². The van der Waals surface area contributed by atoms with E-state index in [0.717, 1.165) is 25.9 Å². The fourth-order valence-electron chi connectivity index (χ4n) is 2.47. The number of imide groups is 1. The van der Waals surface area contributed by atoms with Crippen molar-refractivity contribution in [2.24, 2.45) is 0 Å². The second-order valence-electron chi connectivity index (χ2n) is 5.01. The molecule has 7 nitrogen and oxygen atoms in total. The fourth-order valence-corrected chi connectivity index (χ4v) is 2.47. The predicted molar refractivity (Wildman–Crippen MR) is 74.2 cm³/mol. The highest BCUT2D eigenvalue weighted by molar-refractivity contribution is 5.94. The summed E-state index contributed by atoms with van der Waals surface area (Å²) in [5.74, 6) is 0.300. The maximum atomic E-state index is 11.5. The molecule has 0 radical (unpaired) electrons. The number of aromatic amines is 1. The lowest BCUT2D eigenvalue weighted by atomic mass is 9.93. The van der Waals surface area contributed by atoms with Gasteiger partial charge in [0.1, 0.15) is 0 Å². The molecule has 3 N–H and O–H groups in total. The molecule has 0 aliphatic carbocycles. The molecule has 0 saturated carbocycles. The van der Waals surface area contributed by atoms with Gasteiger partial charge >= 0.3 is 6.03 Å². The Labute approximate surface area is 118 Å². The van der Waals surface area contributed by atoms with E-state index in [0.29, 0.717) is 18.9 Å². The largest absolute Gasteiger partial charge is 0.341 e. The molecular weight excluding hydrogens is 258 g/mol. The minimum Gasteiger partial charge on any atom is -0.341 e. The maximum absolute atomic E-state index is 11.5. The van der Waals surface area contributed by atoms with Crippen molar-refractivity contribution in [1.29, 1.82) is 0 Å². The van der Waals surface area contributed by atoms with Crippen LogP contribution in [0, 0.1) is 0 Å². The van der Waals surface area contributed by atoms with Crippen molar-refractivity contribution in [2.75, 3.05) is 26.7 Å². The second kappa shape index (κ2) is 7.04. The van der Waals surface area contributed by atoms with Gasteiger partial charge in [0, 0.05) is 37.8 Å². The van der Waals surface area contributed by atoms with Crippen LogP contribution in [0.5, 0.6) is 0 Å². The van der Waals surface area contributed by atoms with Crippen molar-refractivity contribution < 1.29 is 9.59 Å². The summed E-state index contributed by atoms with van der Waals surface area (Å²) in [4.78, 5) is 24.7. The summed E-state index contributed by atoms with van der Waals surface area (Å²) in [6.45, 7) is 2.63. The normalized spacial score (nSPS) is 16.9. The van der Waals surface area contributed by atoms with Crippen LogP contribution in [-0.2, 0) is 4.79 Å². The number of likely N-dealkylation sites (tertiary alicyclic amines) is 1. The van der Waals surface area contributed by atoms with Crippen LogP contribution in [0.2, 0.25) is 0 Å². The van der Waals surface area contributed by atoms with Crippen molar-refractivity contribution in [1.82, 2.24) is 25.7 Å². The van der Waals surface area contributed by atoms with Crippen molar-refractivity contribution in [3.05, 3.63) is 18.0 Å². The van der Waals surface area contributed by atoms with E-state index in [1.165, 1.54) is 12.7 Å². The second-order valence-corrected chi connectivity index (χ2v) is 5.01. The number of rotatable bonds is 4. The zero-order valence-electron chi connectivity index (χ0n) is 11.7. The molecule has 0 spiro atoms. The van der Waals surface area contributed by atoms with Gasteiger partial charge in [-0.25, -0.2) is 4.79 Å². The first kappa shape index (κ1) is 14.5. The number of aromatic nitrogens is 2. The number of urea groups is 1. The van der Waals surface area contributed by atoms with Gasteiger partial charge in [0.25, 0.3) is 0 Å². The van der Waals surface area contributed by atoms with Gasteiger partial charge in [-0.2, -0.15) is 5.10 Å². The maximum Gasteiger partial charge on any atom is 0.321 e. The Morgan fingerprint density at radius 3 is 2.80 bits per heavy atom. The number of carbonyl (C=O) groups is 2. The Morgan fingerprint density at radius 1 is 1.45 bits per heavy atom. The third-order valence-electron chi connectivity index (χ3n) is 3.68. The van der Waals surface area contributed by atoms with Crippen LogP contribution in [0.25, 0.3) is 0 Å². The molecule has 1 aromatic heterocycles. The Morgan fingerprint density at radius 2 is 2.20 bits per heavy atom. The molecule has 0 bridgehead atoms. The quantitative estimate of drug-likeness (QED) is 0.745. The SMILES string of the molecule is CNC(=O)NC(=O)CCN1CCC(c2ccn[nH]2)CC1. The van der Waals surface area contributed by atoms with E-state index < -0.39 is 6.03 Å². The third-order valence-corrected chi connectivity index (χ3v) is 3.68. The molecule has 7 heteroatoms. The number of amides is 3. The van der Waals surface area contributed by atoms with E-state index in [4.69, 9.17) is 0 Å². The monoisotopic (exact) mass is 279 g/mol. The van der Waals surface area contributed by atoms with Crippen LogP contribution in [0.3, 0.4) is 0 Å². The molecule has 1 aliphatic heterocycles. The topological polar surface area (TPSA) is 90.1 Å². The molecule has 2 rings (SSSR count). The summed E-state index contributed by atoms with van der Waals surface area (Å²) in [5, 5.41) is 11.6. The molecule has 1 fully saturated rings. The average Bonchev–Trinajstić information content (AvgIpc) is 2.99. The van der Waals surface area contributed by atoms with E-state index in [9.17, 15) is 9.59 Å². The molecule has 2 heterocycles. The average molecular weight is 279 g/mol. The van der Waals surface area contributed by atoms with Crippen LogP contribution >= 0.6 is 0 Å². The van der Waals surface area contributed by atoms with Gasteiger partial charge in [-0.05, 0) is 32.0 Å². The summed E-state index contributed by atoms with van der Waals surface area (Å²) in [7, 11) is 1.49. The van der Waals surface area contributed by atoms with Crippen molar-refractivity contribution in [2.45, 2.75) is 25.2 Å². The summed E-state index contributed by atoms with van der Waals surface area (Å²) in [6.07, 6.45) is 4.27.